The summed E-state index contributed by atoms with van der Waals surface area (Å²) in [4.78, 5) is 16.0. The number of carbonyl (C=O) groups excluding carboxylic acids is 1. The second-order valence-electron chi connectivity index (χ2n) is 6.05. The number of rotatable bonds is 3. The van der Waals surface area contributed by atoms with Gasteiger partial charge in [-0.05, 0) is 42.3 Å². The first-order valence-corrected chi connectivity index (χ1v) is 9.16. The molecule has 4 nitrogen and oxygen atoms in total. The zero-order valence-corrected chi connectivity index (χ0v) is 14.2. The second-order valence-corrected chi connectivity index (χ2v) is 7.30. The zero-order chi connectivity index (χ0) is 16.4. The summed E-state index contributed by atoms with van der Waals surface area (Å²) in [5, 5.41) is 3.01. The first-order chi connectivity index (χ1) is 11.8. The summed E-state index contributed by atoms with van der Waals surface area (Å²) >= 11 is 1.66. The summed E-state index contributed by atoms with van der Waals surface area (Å²) in [6, 6.07) is 16.3. The van der Waals surface area contributed by atoms with Crippen LogP contribution in [0, 0.1) is 0 Å². The third kappa shape index (κ3) is 3.28. The number of anilines is 2. The molecule has 24 heavy (non-hydrogen) atoms. The van der Waals surface area contributed by atoms with Crippen LogP contribution < -0.4 is 10.2 Å². The van der Waals surface area contributed by atoms with Gasteiger partial charge >= 0.3 is 0 Å². The standard InChI is InChI=1S/C19H20N2O2S/c22-19(18-13-14-3-1-2-4-17(14)24-18)20-15-5-7-16(8-6-15)21-9-11-23-12-10-21/h1-8,18H,9-13H2,(H,20,22). The van der Waals surface area contributed by atoms with Crippen molar-refractivity contribution in [2.45, 2.75) is 16.6 Å². The van der Waals surface area contributed by atoms with Gasteiger partial charge in [0.1, 0.15) is 0 Å². The molecule has 0 spiro atoms. The van der Waals surface area contributed by atoms with Crippen LogP contribution in [0.15, 0.2) is 53.4 Å². The Labute approximate surface area is 146 Å². The van der Waals surface area contributed by atoms with Crippen molar-refractivity contribution in [1.29, 1.82) is 0 Å². The predicted molar refractivity (Wildman–Crippen MR) is 97.9 cm³/mol. The van der Waals surface area contributed by atoms with Crippen LogP contribution >= 0.6 is 11.8 Å². The van der Waals surface area contributed by atoms with E-state index in [4.69, 9.17) is 4.74 Å². The molecule has 2 aliphatic rings. The predicted octanol–water partition coefficient (Wildman–Crippen LogP) is 3.18. The topological polar surface area (TPSA) is 41.6 Å². The molecule has 124 valence electrons. The lowest BCUT2D eigenvalue weighted by Gasteiger charge is -2.28. The summed E-state index contributed by atoms with van der Waals surface area (Å²) in [5.74, 6) is 0.0790. The fourth-order valence-corrected chi connectivity index (χ4v) is 4.32. The van der Waals surface area contributed by atoms with Crippen molar-refractivity contribution >= 4 is 29.0 Å². The van der Waals surface area contributed by atoms with Crippen LogP contribution in [0.5, 0.6) is 0 Å². The number of nitrogens with one attached hydrogen (secondary N) is 1. The molecule has 2 aromatic carbocycles. The van der Waals surface area contributed by atoms with Crippen molar-refractivity contribution in [2.75, 3.05) is 36.5 Å². The zero-order valence-electron chi connectivity index (χ0n) is 13.4. The highest BCUT2D eigenvalue weighted by molar-refractivity contribution is 8.01. The molecule has 1 fully saturated rings. The van der Waals surface area contributed by atoms with E-state index < -0.39 is 0 Å². The minimum atomic E-state index is -0.0404. The minimum Gasteiger partial charge on any atom is -0.378 e. The summed E-state index contributed by atoms with van der Waals surface area (Å²) in [6.45, 7) is 3.39. The number of carbonyl (C=O) groups is 1. The summed E-state index contributed by atoms with van der Waals surface area (Å²) < 4.78 is 5.38. The van der Waals surface area contributed by atoms with Crippen LogP contribution in [-0.4, -0.2) is 37.5 Å². The molecule has 0 radical (unpaired) electrons. The normalized spacial score (nSPS) is 19.8. The van der Waals surface area contributed by atoms with Gasteiger partial charge in [-0.25, -0.2) is 0 Å². The van der Waals surface area contributed by atoms with Crippen molar-refractivity contribution < 1.29 is 9.53 Å². The molecule has 5 heteroatoms. The summed E-state index contributed by atoms with van der Waals surface area (Å²) in [5.41, 5.74) is 3.30. The number of benzene rings is 2. The van der Waals surface area contributed by atoms with Gasteiger partial charge in [-0.3, -0.25) is 4.79 Å². The van der Waals surface area contributed by atoms with E-state index in [-0.39, 0.29) is 11.2 Å². The largest absolute Gasteiger partial charge is 0.378 e. The fourth-order valence-electron chi connectivity index (χ4n) is 3.13. The van der Waals surface area contributed by atoms with Gasteiger partial charge in [0.05, 0.1) is 18.5 Å². The van der Waals surface area contributed by atoms with E-state index in [1.54, 1.807) is 11.8 Å². The highest BCUT2D eigenvalue weighted by Gasteiger charge is 2.27. The first kappa shape index (κ1) is 15.5. The Balaban J connectivity index is 1.38. The summed E-state index contributed by atoms with van der Waals surface area (Å²) in [6.07, 6.45) is 0.804. The maximum absolute atomic E-state index is 12.5. The van der Waals surface area contributed by atoms with Crippen LogP contribution in [0.1, 0.15) is 5.56 Å². The van der Waals surface area contributed by atoms with Crippen LogP contribution in [0.3, 0.4) is 0 Å². The molecule has 0 saturated carbocycles. The monoisotopic (exact) mass is 340 g/mol. The van der Waals surface area contributed by atoms with Crippen LogP contribution in [0.25, 0.3) is 0 Å². The Morgan fingerprint density at radius 1 is 1.08 bits per heavy atom. The van der Waals surface area contributed by atoms with E-state index in [0.29, 0.717) is 0 Å². The lowest BCUT2D eigenvalue weighted by molar-refractivity contribution is -0.115. The van der Waals surface area contributed by atoms with Gasteiger partial charge < -0.3 is 15.0 Å². The van der Waals surface area contributed by atoms with Crippen LogP contribution in [-0.2, 0) is 16.0 Å². The van der Waals surface area contributed by atoms with Crippen molar-refractivity contribution in [3.05, 3.63) is 54.1 Å². The van der Waals surface area contributed by atoms with Gasteiger partial charge in [-0.15, -0.1) is 11.8 Å². The third-order valence-corrected chi connectivity index (χ3v) is 5.77. The Morgan fingerprint density at radius 2 is 1.83 bits per heavy atom. The molecule has 2 aliphatic heterocycles. The van der Waals surface area contributed by atoms with E-state index >= 15 is 0 Å². The van der Waals surface area contributed by atoms with Gasteiger partial charge in [-0.1, -0.05) is 18.2 Å². The van der Waals surface area contributed by atoms with Gasteiger partial charge in [0.15, 0.2) is 0 Å². The number of amides is 1. The molecule has 4 rings (SSSR count). The average molecular weight is 340 g/mol. The van der Waals surface area contributed by atoms with Crippen LogP contribution in [0.2, 0.25) is 0 Å². The SMILES string of the molecule is O=C(Nc1ccc(N2CCOCC2)cc1)C1Cc2ccccc2S1. The molecule has 0 aromatic heterocycles. The molecule has 1 saturated heterocycles. The highest BCUT2D eigenvalue weighted by Crippen LogP contribution is 2.37. The average Bonchev–Trinajstić information content (AvgIpc) is 3.07. The Morgan fingerprint density at radius 3 is 2.58 bits per heavy atom. The number of hydrogen-bond acceptors (Lipinski definition) is 4. The molecular formula is C19H20N2O2S. The molecule has 1 N–H and O–H groups in total. The number of nitrogens with zero attached hydrogens (tertiary/aromatic N) is 1. The number of fused-ring (bicyclic) bond motifs is 1. The molecule has 0 bridgehead atoms. The Hall–Kier alpha value is -1.98. The lowest BCUT2D eigenvalue weighted by atomic mass is 10.1. The molecule has 0 aliphatic carbocycles. The lowest BCUT2D eigenvalue weighted by Crippen LogP contribution is -2.36. The molecule has 1 atom stereocenters. The third-order valence-electron chi connectivity index (χ3n) is 4.45. The van der Waals surface area contributed by atoms with Crippen molar-refractivity contribution in [2.24, 2.45) is 0 Å². The number of morpholine rings is 1. The Kier molecular flexibility index (Phi) is 4.45. The maximum atomic E-state index is 12.5. The minimum absolute atomic E-state index is 0.0404. The van der Waals surface area contributed by atoms with E-state index in [1.807, 2.05) is 24.3 Å². The van der Waals surface area contributed by atoms with E-state index in [9.17, 15) is 4.79 Å². The van der Waals surface area contributed by atoms with Gasteiger partial charge in [-0.2, -0.15) is 0 Å². The molecule has 2 heterocycles. The van der Waals surface area contributed by atoms with Gasteiger partial charge in [0.2, 0.25) is 5.91 Å². The Bertz CT molecular complexity index is 701. The summed E-state index contributed by atoms with van der Waals surface area (Å²) in [7, 11) is 0. The van der Waals surface area contributed by atoms with E-state index in [0.717, 1.165) is 38.4 Å². The second kappa shape index (κ2) is 6.87. The highest BCUT2D eigenvalue weighted by atomic mass is 32.2. The first-order valence-electron chi connectivity index (χ1n) is 8.28. The van der Waals surface area contributed by atoms with Crippen LogP contribution in [0.4, 0.5) is 11.4 Å². The number of thioether (sulfide) groups is 1. The smallest absolute Gasteiger partial charge is 0.238 e. The fraction of sp³-hybridized carbons (Fsp3) is 0.316. The van der Waals surface area contributed by atoms with E-state index in [2.05, 4.69) is 34.5 Å². The van der Waals surface area contributed by atoms with Crippen molar-refractivity contribution in [3.63, 3.8) is 0 Å². The number of hydrogen-bond donors (Lipinski definition) is 1. The van der Waals surface area contributed by atoms with Gasteiger partial charge in [0.25, 0.3) is 0 Å². The maximum Gasteiger partial charge on any atom is 0.238 e. The van der Waals surface area contributed by atoms with Gasteiger partial charge in [0, 0.05) is 29.4 Å². The molecule has 1 unspecified atom stereocenters. The molecular weight excluding hydrogens is 320 g/mol. The van der Waals surface area contributed by atoms with Crippen molar-refractivity contribution in [3.8, 4) is 0 Å². The van der Waals surface area contributed by atoms with Crippen molar-refractivity contribution in [1.82, 2.24) is 0 Å². The van der Waals surface area contributed by atoms with E-state index in [1.165, 1.54) is 16.1 Å². The molecule has 2 aromatic rings. The molecule has 1 amide bonds. The quantitative estimate of drug-likeness (QED) is 0.932. The number of ether oxygens (including phenoxy) is 1.